The number of nitrogens with one attached hydrogen (secondary N) is 1. The minimum atomic E-state index is -0.312. The van der Waals surface area contributed by atoms with Crippen LogP contribution in [-0.4, -0.2) is 41.9 Å². The first-order chi connectivity index (χ1) is 7.58. The van der Waals surface area contributed by atoms with Gasteiger partial charge in [-0.15, -0.1) is 0 Å². The quantitative estimate of drug-likeness (QED) is 0.629. The highest BCUT2D eigenvalue weighted by molar-refractivity contribution is 5.90. The molecule has 2 rings (SSSR count). The van der Waals surface area contributed by atoms with E-state index in [9.17, 15) is 9.59 Å². The van der Waals surface area contributed by atoms with E-state index in [2.05, 4.69) is 12.2 Å². The summed E-state index contributed by atoms with van der Waals surface area (Å²) in [5, 5.41) is 2.71. The van der Waals surface area contributed by atoms with Crippen LogP contribution in [0.5, 0.6) is 0 Å². The van der Waals surface area contributed by atoms with Crippen LogP contribution in [0.4, 0.5) is 0 Å². The van der Waals surface area contributed by atoms with E-state index in [-0.39, 0.29) is 23.9 Å². The van der Waals surface area contributed by atoms with Crippen LogP contribution in [0, 0.1) is 5.92 Å². The lowest BCUT2D eigenvalue weighted by Crippen LogP contribution is -2.53. The number of amides is 2. The van der Waals surface area contributed by atoms with Crippen molar-refractivity contribution in [3.63, 3.8) is 0 Å². The summed E-state index contributed by atoms with van der Waals surface area (Å²) in [5.41, 5.74) is 5.95. The molecule has 2 unspecified atom stereocenters. The number of rotatable bonds is 1. The van der Waals surface area contributed by atoms with E-state index in [0.29, 0.717) is 25.3 Å². The van der Waals surface area contributed by atoms with Crippen molar-refractivity contribution < 1.29 is 9.59 Å². The Hall–Kier alpha value is -1.10. The fraction of sp³-hybridized carbons (Fsp3) is 0.818. The van der Waals surface area contributed by atoms with Crippen molar-refractivity contribution in [2.24, 2.45) is 11.7 Å². The maximum atomic E-state index is 12.1. The smallest absolute Gasteiger partial charge is 0.245 e. The number of nitrogens with two attached hydrogens (primary N) is 1. The highest BCUT2D eigenvalue weighted by atomic mass is 16.2. The molecule has 90 valence electrons. The number of piperidine rings is 1. The van der Waals surface area contributed by atoms with Gasteiger partial charge in [-0.25, -0.2) is 0 Å². The van der Waals surface area contributed by atoms with Crippen molar-refractivity contribution >= 4 is 11.8 Å². The van der Waals surface area contributed by atoms with Gasteiger partial charge in [-0.2, -0.15) is 0 Å². The molecule has 0 aromatic rings. The Balaban J connectivity index is 1.92. The summed E-state index contributed by atoms with van der Waals surface area (Å²) in [4.78, 5) is 24.9. The third kappa shape index (κ3) is 2.19. The Morgan fingerprint density at radius 1 is 1.50 bits per heavy atom. The van der Waals surface area contributed by atoms with E-state index < -0.39 is 0 Å². The molecule has 16 heavy (non-hydrogen) atoms. The molecular weight excluding hydrogens is 206 g/mol. The van der Waals surface area contributed by atoms with Crippen molar-refractivity contribution in [3.05, 3.63) is 0 Å². The first-order valence-corrected chi connectivity index (χ1v) is 5.91. The number of likely N-dealkylation sites (tertiary alicyclic amines) is 1. The first kappa shape index (κ1) is 11.4. The second kappa shape index (κ2) is 4.41. The fourth-order valence-electron chi connectivity index (χ4n) is 2.32. The molecular formula is C11H19N3O2. The molecule has 2 heterocycles. The van der Waals surface area contributed by atoms with Gasteiger partial charge >= 0.3 is 0 Å². The van der Waals surface area contributed by atoms with Gasteiger partial charge in [0, 0.05) is 25.6 Å². The summed E-state index contributed by atoms with van der Waals surface area (Å²) in [7, 11) is 0. The zero-order chi connectivity index (χ0) is 11.7. The van der Waals surface area contributed by atoms with E-state index in [1.54, 1.807) is 4.90 Å². The molecule has 2 saturated heterocycles. The van der Waals surface area contributed by atoms with Gasteiger partial charge < -0.3 is 16.0 Å². The molecule has 5 heteroatoms. The molecule has 0 saturated carbocycles. The summed E-state index contributed by atoms with van der Waals surface area (Å²) in [6, 6.07) is -0.247. The normalized spacial score (nSPS) is 35.0. The Labute approximate surface area is 95.3 Å². The number of carbonyl (C=O) groups excluding carboxylic acids is 2. The van der Waals surface area contributed by atoms with Gasteiger partial charge in [-0.05, 0) is 18.8 Å². The first-order valence-electron chi connectivity index (χ1n) is 5.91. The van der Waals surface area contributed by atoms with Gasteiger partial charge in [0.2, 0.25) is 11.8 Å². The Morgan fingerprint density at radius 2 is 2.25 bits per heavy atom. The number of hydrogen-bond acceptors (Lipinski definition) is 3. The summed E-state index contributed by atoms with van der Waals surface area (Å²) < 4.78 is 0. The summed E-state index contributed by atoms with van der Waals surface area (Å²) >= 11 is 0. The average Bonchev–Trinajstić information content (AvgIpc) is 2.68. The molecule has 2 aliphatic rings. The van der Waals surface area contributed by atoms with E-state index in [4.69, 9.17) is 5.73 Å². The largest absolute Gasteiger partial charge is 0.344 e. The van der Waals surface area contributed by atoms with Gasteiger partial charge in [0.05, 0.1) is 0 Å². The van der Waals surface area contributed by atoms with Crippen molar-refractivity contribution in [1.29, 1.82) is 0 Å². The van der Waals surface area contributed by atoms with Gasteiger partial charge in [-0.3, -0.25) is 9.59 Å². The van der Waals surface area contributed by atoms with E-state index >= 15 is 0 Å². The van der Waals surface area contributed by atoms with Crippen molar-refractivity contribution in [2.75, 3.05) is 13.1 Å². The molecule has 2 aliphatic heterocycles. The van der Waals surface area contributed by atoms with Crippen molar-refractivity contribution in [1.82, 2.24) is 10.2 Å². The SMILES string of the molecule is CC1CCN(C(=O)[C@@H]2CCC(=O)N2)CC1N. The summed E-state index contributed by atoms with van der Waals surface area (Å²) in [6.45, 7) is 3.50. The molecule has 5 nitrogen and oxygen atoms in total. The average molecular weight is 225 g/mol. The number of carbonyl (C=O) groups is 2. The molecule has 0 aliphatic carbocycles. The molecule has 0 radical (unpaired) electrons. The van der Waals surface area contributed by atoms with E-state index in [1.165, 1.54) is 0 Å². The second-order valence-electron chi connectivity index (χ2n) is 4.87. The molecule has 3 atom stereocenters. The van der Waals surface area contributed by atoms with Gasteiger partial charge in [-0.1, -0.05) is 6.92 Å². The number of nitrogens with zero attached hydrogens (tertiary/aromatic N) is 1. The molecule has 3 N–H and O–H groups in total. The zero-order valence-corrected chi connectivity index (χ0v) is 9.61. The van der Waals surface area contributed by atoms with Crippen LogP contribution in [0.2, 0.25) is 0 Å². The maximum Gasteiger partial charge on any atom is 0.245 e. The lowest BCUT2D eigenvalue weighted by molar-refractivity contribution is -0.135. The van der Waals surface area contributed by atoms with Crippen molar-refractivity contribution in [3.8, 4) is 0 Å². The minimum absolute atomic E-state index is 0.0203. The predicted octanol–water partition coefficient (Wildman–Crippen LogP) is -0.539. The second-order valence-corrected chi connectivity index (χ2v) is 4.87. The molecule has 2 amide bonds. The van der Waals surface area contributed by atoms with Crippen LogP contribution < -0.4 is 11.1 Å². The highest BCUT2D eigenvalue weighted by Gasteiger charge is 2.33. The Bertz CT molecular complexity index is 306. The van der Waals surface area contributed by atoms with Gasteiger partial charge in [0.1, 0.15) is 6.04 Å². The Morgan fingerprint density at radius 3 is 2.81 bits per heavy atom. The maximum absolute atomic E-state index is 12.1. The van der Waals surface area contributed by atoms with E-state index in [1.807, 2.05) is 0 Å². The van der Waals surface area contributed by atoms with Crippen LogP contribution >= 0.6 is 0 Å². The lowest BCUT2D eigenvalue weighted by Gasteiger charge is -2.36. The minimum Gasteiger partial charge on any atom is -0.344 e. The van der Waals surface area contributed by atoms with Crippen LogP contribution in [0.3, 0.4) is 0 Å². The third-order valence-corrected chi connectivity index (χ3v) is 3.62. The van der Waals surface area contributed by atoms with Crippen LogP contribution in [-0.2, 0) is 9.59 Å². The number of hydrogen-bond donors (Lipinski definition) is 2. The van der Waals surface area contributed by atoms with Gasteiger partial charge in [0.25, 0.3) is 0 Å². The standard InChI is InChI=1S/C11H19N3O2/c1-7-4-5-14(6-8(7)12)11(16)9-2-3-10(15)13-9/h7-9H,2-6,12H2,1H3,(H,13,15)/t7?,8?,9-/m0/s1. The summed E-state index contributed by atoms with van der Waals surface area (Å²) in [6.07, 6.45) is 2.04. The topological polar surface area (TPSA) is 75.4 Å². The van der Waals surface area contributed by atoms with E-state index in [0.717, 1.165) is 13.0 Å². The molecule has 0 aromatic carbocycles. The highest BCUT2D eigenvalue weighted by Crippen LogP contribution is 2.18. The monoisotopic (exact) mass is 225 g/mol. The van der Waals surface area contributed by atoms with Crippen molar-refractivity contribution in [2.45, 2.75) is 38.3 Å². The molecule has 0 spiro atoms. The van der Waals surface area contributed by atoms with Crippen LogP contribution in [0.25, 0.3) is 0 Å². The van der Waals surface area contributed by atoms with Gasteiger partial charge in [0.15, 0.2) is 0 Å². The molecule has 0 aromatic heterocycles. The zero-order valence-electron chi connectivity index (χ0n) is 9.61. The fourth-order valence-corrected chi connectivity index (χ4v) is 2.32. The predicted molar refractivity (Wildman–Crippen MR) is 59.5 cm³/mol. The van der Waals surface area contributed by atoms with Crippen LogP contribution in [0.15, 0.2) is 0 Å². The Kier molecular flexibility index (Phi) is 3.14. The molecule has 2 fully saturated rings. The lowest BCUT2D eigenvalue weighted by atomic mass is 9.94. The third-order valence-electron chi connectivity index (χ3n) is 3.62. The molecule has 0 bridgehead atoms. The van der Waals surface area contributed by atoms with Crippen LogP contribution in [0.1, 0.15) is 26.2 Å². The summed E-state index contributed by atoms with van der Waals surface area (Å²) in [5.74, 6) is 0.489.